The van der Waals surface area contributed by atoms with Crippen LogP contribution < -0.4 is 0 Å². The number of carboxylic acid groups (broad SMARTS) is 1. The van der Waals surface area contributed by atoms with Gasteiger partial charge in [0.15, 0.2) is 5.69 Å². The first-order valence-corrected chi connectivity index (χ1v) is 6.87. The molecule has 0 aromatic carbocycles. The number of rotatable bonds is 3. The van der Waals surface area contributed by atoms with Gasteiger partial charge in [-0.05, 0) is 52.3 Å². The molecule has 2 rings (SSSR count). The van der Waals surface area contributed by atoms with Crippen molar-refractivity contribution in [3.8, 4) is 0 Å². The maximum atomic E-state index is 11.1. The van der Waals surface area contributed by atoms with Gasteiger partial charge in [0, 0.05) is 0 Å². The Hall–Kier alpha value is -1.66. The van der Waals surface area contributed by atoms with Crippen LogP contribution >= 0.6 is 0 Å². The summed E-state index contributed by atoms with van der Waals surface area (Å²) in [7, 11) is -0.466. The maximum Gasteiger partial charge on any atom is 0.487 e. The fourth-order valence-electron chi connectivity index (χ4n) is 2.00. The molecule has 0 unspecified atom stereocenters. The van der Waals surface area contributed by atoms with E-state index < -0.39 is 24.3 Å². The largest absolute Gasteiger partial charge is 0.487 e. The Balaban J connectivity index is 2.16. The van der Waals surface area contributed by atoms with Crippen molar-refractivity contribution < 1.29 is 19.2 Å². The predicted octanol–water partition coefficient (Wildman–Crippen LogP) is 2.73. The van der Waals surface area contributed by atoms with Gasteiger partial charge in [0.1, 0.15) is 0 Å². The van der Waals surface area contributed by atoms with E-state index in [4.69, 9.17) is 14.4 Å². The Kier molecular flexibility index (Phi) is 3.95. The first kappa shape index (κ1) is 15.7. The van der Waals surface area contributed by atoms with Crippen LogP contribution in [0.5, 0.6) is 0 Å². The molecule has 5 nitrogen and oxygen atoms in total. The third-order valence-electron chi connectivity index (χ3n) is 4.02. The lowest BCUT2D eigenvalue weighted by Crippen LogP contribution is -2.41. The normalized spacial score (nSPS) is 20.1. The van der Waals surface area contributed by atoms with Gasteiger partial charge < -0.3 is 14.4 Å². The van der Waals surface area contributed by atoms with Crippen LogP contribution in [0.3, 0.4) is 0 Å². The van der Waals surface area contributed by atoms with Crippen LogP contribution in [-0.4, -0.2) is 34.4 Å². The van der Waals surface area contributed by atoms with Crippen LogP contribution in [0.15, 0.2) is 18.1 Å². The summed E-state index contributed by atoms with van der Waals surface area (Å²) in [5.41, 5.74) is 0.471. The summed E-state index contributed by atoms with van der Waals surface area (Å²) in [6.45, 7) is 9.64. The van der Waals surface area contributed by atoms with Gasteiger partial charge in [0.2, 0.25) is 0 Å². The first-order valence-electron chi connectivity index (χ1n) is 6.87. The van der Waals surface area contributed by atoms with Crippen molar-refractivity contribution in [1.29, 1.82) is 0 Å². The number of aromatic nitrogens is 1. The van der Waals surface area contributed by atoms with E-state index in [9.17, 15) is 4.79 Å². The van der Waals surface area contributed by atoms with Gasteiger partial charge in [-0.2, -0.15) is 0 Å². The number of carboxylic acids is 1. The Labute approximate surface area is 125 Å². The lowest BCUT2D eigenvalue weighted by molar-refractivity contribution is 0.00578. The Morgan fingerprint density at radius 3 is 2.33 bits per heavy atom. The number of hydrogen-bond donors (Lipinski definition) is 1. The highest BCUT2D eigenvalue weighted by molar-refractivity contribution is 6.52. The molecule has 0 amide bonds. The summed E-state index contributed by atoms with van der Waals surface area (Å²) in [4.78, 5) is 15.2. The molecule has 1 aromatic rings. The SMILES string of the molecule is Cc1ccc(/C=C/B2OC(C)(C)C(C)(C)O2)nc1C(=O)O. The minimum absolute atomic E-state index is 0.0612. The molecule has 0 saturated carbocycles. The molecular weight excluding hydrogens is 269 g/mol. The molecule has 0 spiro atoms. The average molecular weight is 289 g/mol. The Morgan fingerprint density at radius 2 is 1.81 bits per heavy atom. The van der Waals surface area contributed by atoms with Crippen molar-refractivity contribution in [3.05, 3.63) is 35.1 Å². The van der Waals surface area contributed by atoms with Crippen LogP contribution in [-0.2, 0) is 9.31 Å². The van der Waals surface area contributed by atoms with Gasteiger partial charge in [0.05, 0.1) is 16.9 Å². The number of pyridine rings is 1. The zero-order chi connectivity index (χ0) is 15.8. The van der Waals surface area contributed by atoms with Gasteiger partial charge in [-0.3, -0.25) is 0 Å². The van der Waals surface area contributed by atoms with Crippen molar-refractivity contribution >= 4 is 19.2 Å². The zero-order valence-corrected chi connectivity index (χ0v) is 13.0. The van der Waals surface area contributed by atoms with Gasteiger partial charge >= 0.3 is 13.1 Å². The number of aromatic carboxylic acids is 1. The van der Waals surface area contributed by atoms with Crippen molar-refractivity contribution in [2.75, 3.05) is 0 Å². The van der Waals surface area contributed by atoms with E-state index in [2.05, 4.69) is 4.98 Å². The molecule has 1 aliphatic rings. The van der Waals surface area contributed by atoms with Gasteiger partial charge in [-0.25, -0.2) is 9.78 Å². The molecule has 1 fully saturated rings. The van der Waals surface area contributed by atoms with Crippen LogP contribution in [0.2, 0.25) is 0 Å². The molecule has 1 aromatic heterocycles. The summed E-state index contributed by atoms with van der Waals surface area (Å²) in [5.74, 6) is 0.721. The van der Waals surface area contributed by atoms with Crippen LogP contribution in [0.1, 0.15) is 49.4 Å². The molecule has 0 aliphatic carbocycles. The highest BCUT2D eigenvalue weighted by Gasteiger charge is 2.49. The lowest BCUT2D eigenvalue weighted by atomic mass is 9.89. The number of nitrogens with zero attached hydrogens (tertiary/aromatic N) is 1. The smallest absolute Gasteiger partial charge is 0.477 e. The second kappa shape index (κ2) is 5.28. The van der Waals surface area contributed by atoms with Gasteiger partial charge in [-0.1, -0.05) is 12.0 Å². The van der Waals surface area contributed by atoms with Crippen molar-refractivity contribution in [3.63, 3.8) is 0 Å². The highest BCUT2D eigenvalue weighted by atomic mass is 16.7. The monoisotopic (exact) mass is 289 g/mol. The van der Waals surface area contributed by atoms with Gasteiger partial charge in [-0.15, -0.1) is 0 Å². The van der Waals surface area contributed by atoms with E-state index in [1.54, 1.807) is 31.1 Å². The molecule has 112 valence electrons. The fraction of sp³-hybridized carbons (Fsp3) is 0.467. The topological polar surface area (TPSA) is 68.7 Å². The maximum absolute atomic E-state index is 11.1. The van der Waals surface area contributed by atoms with E-state index in [-0.39, 0.29) is 5.69 Å². The van der Waals surface area contributed by atoms with Crippen molar-refractivity contribution in [2.45, 2.75) is 45.8 Å². The Morgan fingerprint density at radius 1 is 1.24 bits per heavy atom. The minimum Gasteiger partial charge on any atom is -0.477 e. The minimum atomic E-state index is -1.03. The number of aryl methyl sites for hydroxylation is 1. The molecule has 0 bridgehead atoms. The van der Waals surface area contributed by atoms with E-state index in [0.717, 1.165) is 0 Å². The third kappa shape index (κ3) is 3.17. The fourth-order valence-corrected chi connectivity index (χ4v) is 2.00. The predicted molar refractivity (Wildman–Crippen MR) is 81.0 cm³/mol. The van der Waals surface area contributed by atoms with Crippen LogP contribution in [0.4, 0.5) is 0 Å². The van der Waals surface area contributed by atoms with Crippen molar-refractivity contribution in [2.24, 2.45) is 0 Å². The van der Waals surface area contributed by atoms with E-state index in [1.165, 1.54) is 0 Å². The molecule has 2 heterocycles. The van der Waals surface area contributed by atoms with E-state index in [0.29, 0.717) is 11.3 Å². The zero-order valence-electron chi connectivity index (χ0n) is 13.0. The second-order valence-electron chi connectivity index (χ2n) is 6.19. The molecule has 0 radical (unpaired) electrons. The summed E-state index contributed by atoms with van der Waals surface area (Å²) in [6, 6.07) is 3.50. The standard InChI is InChI=1S/C15H20BNO4/c1-10-6-7-11(17-12(10)13(18)19)8-9-16-20-14(2,3)15(4,5)21-16/h6-9H,1-5H3,(H,18,19)/b9-8+. The third-order valence-corrected chi connectivity index (χ3v) is 4.02. The number of carbonyl (C=O) groups is 1. The average Bonchev–Trinajstić information content (AvgIpc) is 2.56. The molecule has 1 aliphatic heterocycles. The van der Waals surface area contributed by atoms with E-state index in [1.807, 2.05) is 27.7 Å². The second-order valence-corrected chi connectivity index (χ2v) is 6.19. The molecule has 0 atom stereocenters. The van der Waals surface area contributed by atoms with Crippen molar-refractivity contribution in [1.82, 2.24) is 4.98 Å². The summed E-state index contributed by atoms with van der Waals surface area (Å²) in [6.07, 6.45) is 1.72. The molecule has 1 saturated heterocycles. The number of hydrogen-bond acceptors (Lipinski definition) is 4. The molecule has 6 heteroatoms. The van der Waals surface area contributed by atoms with Crippen LogP contribution in [0.25, 0.3) is 6.08 Å². The highest BCUT2D eigenvalue weighted by Crippen LogP contribution is 2.36. The molecule has 21 heavy (non-hydrogen) atoms. The molecular formula is C15H20BNO4. The van der Waals surface area contributed by atoms with E-state index >= 15 is 0 Å². The lowest BCUT2D eigenvalue weighted by Gasteiger charge is -2.32. The summed E-state index contributed by atoms with van der Waals surface area (Å²) >= 11 is 0. The molecule has 1 N–H and O–H groups in total. The summed E-state index contributed by atoms with van der Waals surface area (Å²) < 4.78 is 11.7. The van der Waals surface area contributed by atoms with Crippen LogP contribution in [0, 0.1) is 6.92 Å². The Bertz CT molecular complexity index is 579. The first-order chi connectivity index (χ1) is 9.62. The summed E-state index contributed by atoms with van der Waals surface area (Å²) in [5, 5.41) is 9.07. The quantitative estimate of drug-likeness (QED) is 0.866. The van der Waals surface area contributed by atoms with Gasteiger partial charge in [0.25, 0.3) is 0 Å².